The van der Waals surface area contributed by atoms with Crippen LogP contribution in [0.25, 0.3) is 0 Å². The zero-order valence-corrected chi connectivity index (χ0v) is 17.6. The van der Waals surface area contributed by atoms with Gasteiger partial charge in [-0.15, -0.1) is 0 Å². The summed E-state index contributed by atoms with van der Waals surface area (Å²) in [6.45, 7) is 17.1. The minimum Gasteiger partial charge on any atom is -0.399 e. The lowest BCUT2D eigenvalue weighted by Gasteiger charge is -2.43. The summed E-state index contributed by atoms with van der Waals surface area (Å²) in [5.41, 5.74) is 1.52. The molecule has 134 valence electrons. The van der Waals surface area contributed by atoms with E-state index in [0.29, 0.717) is 16.6 Å². The van der Waals surface area contributed by atoms with E-state index in [4.69, 9.17) is 4.43 Å². The van der Waals surface area contributed by atoms with Gasteiger partial charge in [-0.25, -0.2) is 0 Å². The number of aliphatic hydroxyl groups is 1. The smallest absolute Gasteiger partial charge is 0.202 e. The Morgan fingerprint density at radius 2 is 1.38 bits per heavy atom. The van der Waals surface area contributed by atoms with E-state index in [9.17, 15) is 5.11 Å². The molecule has 0 aromatic heterocycles. The second-order valence-corrected chi connectivity index (χ2v) is 13.5. The third kappa shape index (κ3) is 5.21. The highest BCUT2D eigenvalue weighted by Crippen LogP contribution is 2.45. The molecule has 3 heteroatoms. The summed E-state index contributed by atoms with van der Waals surface area (Å²) < 4.78 is 6.86. The number of hydrogen-bond donors (Lipinski definition) is 1. The van der Waals surface area contributed by atoms with Crippen molar-refractivity contribution in [1.29, 1.82) is 0 Å². The zero-order chi connectivity index (χ0) is 18.5. The van der Waals surface area contributed by atoms with Gasteiger partial charge in [-0.1, -0.05) is 83.7 Å². The summed E-state index contributed by atoms with van der Waals surface area (Å²) in [6, 6.07) is 10.2. The Hall–Kier alpha value is -1.08. The van der Waals surface area contributed by atoms with Crippen molar-refractivity contribution in [3.05, 3.63) is 35.9 Å². The molecule has 0 aliphatic carbocycles. The number of hydrogen-bond acceptors (Lipinski definition) is 2. The summed E-state index contributed by atoms with van der Waals surface area (Å²) in [4.78, 5) is 0. The molecule has 1 atom stereocenters. The molecule has 1 rings (SSSR count). The average Bonchev–Trinajstić information content (AvgIpc) is 2.46. The van der Waals surface area contributed by atoms with Gasteiger partial charge in [-0.2, -0.15) is 0 Å². The van der Waals surface area contributed by atoms with Crippen molar-refractivity contribution < 1.29 is 9.53 Å². The number of benzene rings is 1. The predicted molar refractivity (Wildman–Crippen MR) is 105 cm³/mol. The Morgan fingerprint density at radius 3 is 1.75 bits per heavy atom. The molecular weight excluding hydrogens is 312 g/mol. The third-order valence-electron chi connectivity index (χ3n) is 4.64. The maximum atomic E-state index is 10.0. The van der Waals surface area contributed by atoms with E-state index in [1.807, 2.05) is 18.2 Å². The van der Waals surface area contributed by atoms with Crippen LogP contribution in [0.5, 0.6) is 0 Å². The average molecular weight is 347 g/mol. The molecule has 0 spiro atoms. The quantitative estimate of drug-likeness (QED) is 0.529. The van der Waals surface area contributed by atoms with Crippen molar-refractivity contribution in [2.75, 3.05) is 0 Å². The summed E-state index contributed by atoms with van der Waals surface area (Å²) >= 11 is 0. The second-order valence-electron chi connectivity index (χ2n) is 8.05. The lowest BCUT2D eigenvalue weighted by atomic mass is 10.1. The Balaban J connectivity index is 3.35. The topological polar surface area (TPSA) is 29.5 Å². The molecule has 0 saturated carbocycles. The van der Waals surface area contributed by atoms with Crippen LogP contribution in [-0.2, 0) is 4.43 Å². The van der Waals surface area contributed by atoms with E-state index in [2.05, 4.69) is 65.5 Å². The van der Waals surface area contributed by atoms with Gasteiger partial charge in [0.25, 0.3) is 0 Å². The van der Waals surface area contributed by atoms with Gasteiger partial charge in [-0.05, 0) is 36.0 Å². The Bertz CT molecular complexity index is 537. The minimum atomic E-state index is -2.05. The molecule has 0 fully saturated rings. The first kappa shape index (κ1) is 21.0. The first-order chi connectivity index (χ1) is 11.0. The van der Waals surface area contributed by atoms with Gasteiger partial charge in [-0.3, -0.25) is 0 Å². The molecular formula is C21H34O2Si. The maximum absolute atomic E-state index is 10.0. The molecule has 0 saturated heterocycles. The van der Waals surface area contributed by atoms with Crippen LogP contribution in [0.3, 0.4) is 0 Å². The molecule has 1 N–H and O–H groups in total. The normalized spacial score (nSPS) is 14.0. The Labute approximate surface area is 149 Å². The van der Waals surface area contributed by atoms with E-state index < -0.39 is 13.9 Å². The van der Waals surface area contributed by atoms with E-state index in [0.717, 1.165) is 5.56 Å². The molecule has 0 bridgehead atoms. The fourth-order valence-corrected chi connectivity index (χ4v) is 9.08. The van der Waals surface area contributed by atoms with E-state index in [1.165, 1.54) is 0 Å². The summed E-state index contributed by atoms with van der Waals surface area (Å²) in [5, 5.41) is 10.0. The maximum Gasteiger partial charge on any atom is 0.202 e. The van der Waals surface area contributed by atoms with E-state index >= 15 is 0 Å². The monoisotopic (exact) mass is 346 g/mol. The first-order valence-electron chi connectivity index (χ1n) is 8.98. The van der Waals surface area contributed by atoms with Crippen LogP contribution in [-0.4, -0.2) is 19.0 Å². The SMILES string of the molecule is CC(C)[Si](O[C@H](C#CC(C)(C)O)c1ccccc1)(C(C)C)C(C)C. The lowest BCUT2D eigenvalue weighted by molar-refractivity contribution is 0.142. The van der Waals surface area contributed by atoms with Gasteiger partial charge < -0.3 is 9.53 Å². The fourth-order valence-electron chi connectivity index (χ4n) is 3.66. The van der Waals surface area contributed by atoms with Crippen LogP contribution in [0, 0.1) is 11.8 Å². The van der Waals surface area contributed by atoms with Crippen LogP contribution in [0.1, 0.15) is 67.1 Å². The van der Waals surface area contributed by atoms with Crippen molar-refractivity contribution in [2.45, 2.75) is 83.7 Å². The van der Waals surface area contributed by atoms with Crippen molar-refractivity contribution in [3.8, 4) is 11.8 Å². The van der Waals surface area contributed by atoms with E-state index in [-0.39, 0.29) is 6.10 Å². The molecule has 2 nitrogen and oxygen atoms in total. The third-order valence-corrected chi connectivity index (χ3v) is 10.7. The summed E-state index contributed by atoms with van der Waals surface area (Å²) in [6.07, 6.45) is -0.295. The molecule has 0 amide bonds. The van der Waals surface area contributed by atoms with Crippen molar-refractivity contribution in [1.82, 2.24) is 0 Å². The van der Waals surface area contributed by atoms with Gasteiger partial charge in [0.15, 0.2) is 0 Å². The van der Waals surface area contributed by atoms with Crippen LogP contribution in [0.4, 0.5) is 0 Å². The molecule has 1 aromatic carbocycles. The standard InChI is InChI=1S/C21H34O2Si/c1-16(2)24(17(3)4,18(5)6)23-20(14-15-21(7,8)22)19-12-10-9-11-13-19/h9-13,16-18,20,22H,1-8H3/t20-/m1/s1. The van der Waals surface area contributed by atoms with Crippen molar-refractivity contribution >= 4 is 8.32 Å². The van der Waals surface area contributed by atoms with Gasteiger partial charge in [0.2, 0.25) is 8.32 Å². The summed E-state index contributed by atoms with van der Waals surface area (Å²) in [7, 11) is -2.05. The van der Waals surface area contributed by atoms with Crippen molar-refractivity contribution in [3.63, 3.8) is 0 Å². The molecule has 24 heavy (non-hydrogen) atoms. The first-order valence-corrected chi connectivity index (χ1v) is 11.1. The van der Waals surface area contributed by atoms with Gasteiger partial charge in [0, 0.05) is 0 Å². The molecule has 0 radical (unpaired) electrons. The predicted octanol–water partition coefficient (Wildman–Crippen LogP) is 5.69. The largest absolute Gasteiger partial charge is 0.399 e. The molecule has 0 aliphatic rings. The highest BCUT2D eigenvalue weighted by Gasteiger charge is 2.46. The highest BCUT2D eigenvalue weighted by molar-refractivity contribution is 6.77. The molecule has 0 heterocycles. The highest BCUT2D eigenvalue weighted by atomic mass is 28.4. The Kier molecular flexibility index (Phi) is 7.28. The van der Waals surface area contributed by atoms with Crippen LogP contribution in [0.15, 0.2) is 30.3 Å². The lowest BCUT2D eigenvalue weighted by Crippen LogP contribution is -2.48. The van der Waals surface area contributed by atoms with Gasteiger partial charge in [0.1, 0.15) is 11.7 Å². The van der Waals surface area contributed by atoms with Crippen LogP contribution < -0.4 is 0 Å². The number of rotatable bonds is 6. The molecule has 0 aliphatic heterocycles. The van der Waals surface area contributed by atoms with E-state index in [1.54, 1.807) is 13.8 Å². The van der Waals surface area contributed by atoms with Crippen molar-refractivity contribution in [2.24, 2.45) is 0 Å². The minimum absolute atomic E-state index is 0.295. The summed E-state index contributed by atoms with van der Waals surface area (Å²) in [5.74, 6) is 6.17. The zero-order valence-electron chi connectivity index (χ0n) is 16.6. The molecule has 0 unspecified atom stereocenters. The fraction of sp³-hybridized carbons (Fsp3) is 0.619. The van der Waals surface area contributed by atoms with Gasteiger partial charge in [0.05, 0.1) is 0 Å². The van der Waals surface area contributed by atoms with Crippen LogP contribution in [0.2, 0.25) is 16.6 Å². The van der Waals surface area contributed by atoms with Crippen LogP contribution >= 0.6 is 0 Å². The second kappa shape index (κ2) is 8.34. The Morgan fingerprint density at radius 1 is 0.917 bits per heavy atom. The molecule has 1 aromatic rings. The van der Waals surface area contributed by atoms with Gasteiger partial charge >= 0.3 is 0 Å².